The number of carbonyl (C=O) groups excluding carboxylic acids is 1. The molecule has 1 aliphatic heterocycles. The molecule has 17 heavy (non-hydrogen) atoms. The van der Waals surface area contributed by atoms with Gasteiger partial charge in [-0.25, -0.2) is 8.51 Å². The van der Waals surface area contributed by atoms with Gasteiger partial charge in [0.1, 0.15) is 0 Å². The highest BCUT2D eigenvalue weighted by molar-refractivity contribution is 8.29. The van der Waals surface area contributed by atoms with Crippen molar-refractivity contribution in [3.05, 3.63) is 0 Å². The van der Waals surface area contributed by atoms with Gasteiger partial charge in [-0.2, -0.15) is 0 Å². The summed E-state index contributed by atoms with van der Waals surface area (Å²) in [5.74, 6) is 0. The molecule has 102 valence electrons. The Bertz CT molecular complexity index is 309. The molecule has 1 N–H and O–H groups in total. The molecule has 1 amide bonds. The summed E-state index contributed by atoms with van der Waals surface area (Å²) in [4.78, 5) is 10.1. The molecular formula is C10H22N2O3S2. The Balaban J connectivity index is 2.40. The van der Waals surface area contributed by atoms with Crippen LogP contribution in [0.4, 0.5) is 0 Å². The number of nitrogens with one attached hydrogen (secondary N) is 1. The van der Waals surface area contributed by atoms with E-state index in [9.17, 15) is 9.00 Å². The Labute approximate surface area is 108 Å². The smallest absolute Gasteiger partial charge is 0.219 e. The highest BCUT2D eigenvalue weighted by Crippen LogP contribution is 2.55. The Morgan fingerprint density at radius 3 is 2.35 bits per heavy atom. The average molecular weight is 282 g/mol. The highest BCUT2D eigenvalue weighted by atomic mass is 32.3. The third-order valence-corrected chi connectivity index (χ3v) is 7.82. The zero-order valence-corrected chi connectivity index (χ0v) is 12.7. The van der Waals surface area contributed by atoms with E-state index >= 15 is 0 Å². The number of amides is 1. The van der Waals surface area contributed by atoms with Crippen molar-refractivity contribution < 1.29 is 13.2 Å². The van der Waals surface area contributed by atoms with E-state index in [1.165, 1.54) is 0 Å². The van der Waals surface area contributed by atoms with Crippen LogP contribution in [0.2, 0.25) is 0 Å². The van der Waals surface area contributed by atoms with E-state index in [2.05, 4.69) is 38.0 Å². The van der Waals surface area contributed by atoms with Crippen LogP contribution in [0, 0.1) is 0 Å². The largest absolute Gasteiger partial charge is 0.331 e. The van der Waals surface area contributed by atoms with Crippen molar-refractivity contribution in [2.75, 3.05) is 25.6 Å². The molecule has 1 aliphatic rings. The van der Waals surface area contributed by atoms with E-state index in [-0.39, 0.29) is 10.9 Å². The van der Waals surface area contributed by atoms with Crippen molar-refractivity contribution >= 4 is 27.9 Å². The van der Waals surface area contributed by atoms with Crippen LogP contribution in [0.5, 0.6) is 0 Å². The van der Waals surface area contributed by atoms with Crippen LogP contribution in [-0.2, 0) is 20.1 Å². The molecular weight excluding hydrogens is 260 g/mol. The second-order valence-corrected chi connectivity index (χ2v) is 10.5. The van der Waals surface area contributed by atoms with Gasteiger partial charge < -0.3 is 4.18 Å². The van der Waals surface area contributed by atoms with E-state index in [1.807, 2.05) is 0 Å². The van der Waals surface area contributed by atoms with Crippen LogP contribution in [0.25, 0.3) is 0 Å². The maximum atomic E-state index is 11.4. The summed E-state index contributed by atoms with van der Waals surface area (Å²) in [6.45, 7) is 7.74. The monoisotopic (exact) mass is 282 g/mol. The van der Waals surface area contributed by atoms with Crippen molar-refractivity contribution in [2.45, 2.75) is 31.6 Å². The number of hydrogen-bond donors (Lipinski definition) is 1. The third-order valence-electron chi connectivity index (χ3n) is 3.05. The molecule has 0 bridgehead atoms. The van der Waals surface area contributed by atoms with E-state index in [4.69, 9.17) is 4.18 Å². The number of hydrogen-bond acceptors (Lipinski definition) is 3. The SMILES string of the molecule is CC(C)(C)S(C)(C)OC1CN(S(=O)NC=O)C1. The zero-order chi connectivity index (χ0) is 13.3. The molecule has 1 atom stereocenters. The zero-order valence-electron chi connectivity index (χ0n) is 11.1. The molecule has 0 aliphatic carbocycles. The molecule has 1 unspecified atom stereocenters. The maximum absolute atomic E-state index is 11.4. The van der Waals surface area contributed by atoms with Crippen molar-refractivity contribution in [3.8, 4) is 0 Å². The first-order chi connectivity index (χ1) is 7.67. The van der Waals surface area contributed by atoms with E-state index in [0.29, 0.717) is 19.5 Å². The second-order valence-electron chi connectivity index (χ2n) is 5.40. The first kappa shape index (κ1) is 14.9. The molecule has 7 heteroatoms. The van der Waals surface area contributed by atoms with Crippen molar-refractivity contribution in [2.24, 2.45) is 0 Å². The lowest BCUT2D eigenvalue weighted by Crippen LogP contribution is -2.55. The van der Waals surface area contributed by atoms with Gasteiger partial charge in [0.25, 0.3) is 0 Å². The minimum Gasteiger partial charge on any atom is -0.331 e. The van der Waals surface area contributed by atoms with Gasteiger partial charge in [-0.05, 0) is 12.5 Å². The van der Waals surface area contributed by atoms with Crippen molar-refractivity contribution in [1.29, 1.82) is 0 Å². The van der Waals surface area contributed by atoms with E-state index in [0.717, 1.165) is 0 Å². The molecule has 1 saturated heterocycles. The maximum Gasteiger partial charge on any atom is 0.219 e. The Morgan fingerprint density at radius 2 is 1.94 bits per heavy atom. The average Bonchev–Trinajstić information content (AvgIpc) is 2.08. The molecule has 0 radical (unpaired) electrons. The van der Waals surface area contributed by atoms with E-state index in [1.54, 1.807) is 4.31 Å². The lowest BCUT2D eigenvalue weighted by Gasteiger charge is -2.49. The van der Waals surface area contributed by atoms with Crippen LogP contribution in [0.1, 0.15) is 20.8 Å². The summed E-state index contributed by atoms with van der Waals surface area (Å²) < 4.78 is 21.5. The fourth-order valence-electron chi connectivity index (χ4n) is 1.20. The standard InChI is InChI=1S/C10H22N2O3S2/c1-10(2,3)17(4,5)15-9-6-12(7-9)16(14)11-8-13/h8-9H,6-7H2,1-5H3,(H,11,13). The Morgan fingerprint density at radius 1 is 1.41 bits per heavy atom. The first-order valence-electron chi connectivity index (χ1n) is 5.45. The van der Waals surface area contributed by atoms with Crippen LogP contribution in [0.15, 0.2) is 0 Å². The summed E-state index contributed by atoms with van der Waals surface area (Å²) in [6.07, 6.45) is 4.87. The molecule has 0 saturated carbocycles. The van der Waals surface area contributed by atoms with Gasteiger partial charge in [0.2, 0.25) is 6.41 Å². The topological polar surface area (TPSA) is 58.6 Å². The third kappa shape index (κ3) is 3.67. The molecule has 1 fully saturated rings. The number of rotatable bonds is 5. The minimum atomic E-state index is -1.40. The number of carbonyl (C=O) groups is 1. The quantitative estimate of drug-likeness (QED) is 0.759. The molecule has 0 aromatic heterocycles. The molecule has 1 rings (SSSR count). The fraction of sp³-hybridized carbons (Fsp3) is 0.900. The lowest BCUT2D eigenvalue weighted by atomic mass is 10.2. The molecule has 5 nitrogen and oxygen atoms in total. The van der Waals surface area contributed by atoms with Crippen LogP contribution >= 0.6 is 10.3 Å². The molecule has 1 heterocycles. The van der Waals surface area contributed by atoms with Gasteiger partial charge >= 0.3 is 0 Å². The van der Waals surface area contributed by atoms with Gasteiger partial charge in [-0.3, -0.25) is 9.52 Å². The van der Waals surface area contributed by atoms with E-state index < -0.39 is 21.5 Å². The predicted octanol–water partition coefficient (Wildman–Crippen LogP) is 0.790. The Hall–Kier alpha value is -0.110. The summed E-state index contributed by atoms with van der Waals surface area (Å²) >= 11 is -1.40. The van der Waals surface area contributed by atoms with Crippen molar-refractivity contribution in [1.82, 2.24) is 9.03 Å². The molecule has 0 aromatic rings. The second kappa shape index (κ2) is 5.26. The van der Waals surface area contributed by atoms with Crippen LogP contribution in [-0.4, -0.2) is 51.4 Å². The highest BCUT2D eigenvalue weighted by Gasteiger charge is 2.38. The summed E-state index contributed by atoms with van der Waals surface area (Å²) in [5.41, 5.74) is 0. The summed E-state index contributed by atoms with van der Waals surface area (Å²) in [5, 5.41) is 0. The summed E-state index contributed by atoms with van der Waals surface area (Å²) in [6, 6.07) is 0. The molecule has 0 spiro atoms. The lowest BCUT2D eigenvalue weighted by molar-refractivity contribution is -0.108. The predicted molar refractivity (Wildman–Crippen MR) is 73.0 cm³/mol. The molecule has 0 aromatic carbocycles. The minimum absolute atomic E-state index is 0.122. The first-order valence-corrected chi connectivity index (χ1v) is 8.93. The van der Waals surface area contributed by atoms with Crippen LogP contribution < -0.4 is 4.72 Å². The fourth-order valence-corrected chi connectivity index (χ4v) is 3.12. The van der Waals surface area contributed by atoms with Gasteiger partial charge in [-0.1, -0.05) is 20.8 Å². The number of nitrogens with zero attached hydrogens (tertiary/aromatic N) is 1. The Kier molecular flexibility index (Phi) is 4.62. The van der Waals surface area contributed by atoms with Gasteiger partial charge in [0.05, 0.1) is 6.10 Å². The summed E-state index contributed by atoms with van der Waals surface area (Å²) in [7, 11) is -1.13. The van der Waals surface area contributed by atoms with Crippen LogP contribution in [0.3, 0.4) is 0 Å². The van der Waals surface area contributed by atoms with Gasteiger partial charge in [0.15, 0.2) is 11.2 Å². The van der Waals surface area contributed by atoms with Gasteiger partial charge in [0, 0.05) is 17.8 Å². The van der Waals surface area contributed by atoms with Crippen molar-refractivity contribution in [3.63, 3.8) is 0 Å². The van der Waals surface area contributed by atoms with Gasteiger partial charge in [-0.15, -0.1) is 10.3 Å². The normalized spacial score (nSPS) is 21.7.